The van der Waals surface area contributed by atoms with E-state index in [1.807, 2.05) is 30.3 Å². The summed E-state index contributed by atoms with van der Waals surface area (Å²) in [6.45, 7) is 12.6. The molecule has 212 valence electrons. The van der Waals surface area contributed by atoms with Gasteiger partial charge in [0.15, 0.2) is 0 Å². The molecule has 7 atom stereocenters. The molecule has 2 amide bonds. The first-order valence-electron chi connectivity index (χ1n) is 14.2. The summed E-state index contributed by atoms with van der Waals surface area (Å²) in [5, 5.41) is 10.5. The van der Waals surface area contributed by atoms with Crippen LogP contribution >= 0.6 is 11.8 Å². The molecule has 0 aliphatic carbocycles. The maximum atomic E-state index is 14.5. The fourth-order valence-corrected chi connectivity index (χ4v) is 9.24. The van der Waals surface area contributed by atoms with Crippen LogP contribution in [0.25, 0.3) is 0 Å². The van der Waals surface area contributed by atoms with E-state index in [2.05, 4.69) is 27.0 Å². The Hall–Kier alpha value is -2.58. The van der Waals surface area contributed by atoms with Crippen molar-refractivity contribution in [3.05, 3.63) is 61.2 Å². The van der Waals surface area contributed by atoms with Crippen LogP contribution in [0.5, 0.6) is 0 Å². The van der Waals surface area contributed by atoms with E-state index in [1.54, 1.807) is 33.7 Å². The van der Waals surface area contributed by atoms with Crippen molar-refractivity contribution in [1.29, 1.82) is 0 Å². The van der Waals surface area contributed by atoms with Crippen molar-refractivity contribution < 1.29 is 24.2 Å². The normalized spacial score (nSPS) is 29.7. The van der Waals surface area contributed by atoms with Crippen LogP contribution in [0.1, 0.15) is 45.1 Å². The van der Waals surface area contributed by atoms with Gasteiger partial charge in [0.1, 0.15) is 6.04 Å². The SMILES string of the molecule is C=CCCOC(=O)[C@@H]1[C@@H]2CC(C)C3(S2)C(C(=O)N(CC=C)CCCC)N([C@@H](CO)Cc2ccccc2)C(=O)[C@H]13. The lowest BCUT2D eigenvalue weighted by molar-refractivity contribution is -0.154. The summed E-state index contributed by atoms with van der Waals surface area (Å²) in [6.07, 6.45) is 6.90. The number of benzene rings is 1. The lowest BCUT2D eigenvalue weighted by atomic mass is 9.66. The van der Waals surface area contributed by atoms with Crippen LogP contribution in [-0.2, 0) is 25.5 Å². The number of fused-ring (bicyclic) bond motifs is 1. The molecule has 1 spiro atoms. The molecule has 3 saturated heterocycles. The Kier molecular flexibility index (Phi) is 9.60. The molecule has 3 unspecified atom stereocenters. The number of hydrogen-bond acceptors (Lipinski definition) is 6. The molecule has 3 heterocycles. The first kappa shape index (κ1) is 29.4. The predicted molar refractivity (Wildman–Crippen MR) is 154 cm³/mol. The summed E-state index contributed by atoms with van der Waals surface area (Å²) in [5.74, 6) is -1.93. The number of carbonyl (C=O) groups is 3. The second kappa shape index (κ2) is 12.7. The minimum absolute atomic E-state index is 0.0467. The summed E-state index contributed by atoms with van der Waals surface area (Å²) in [4.78, 5) is 45.8. The lowest BCUT2D eigenvalue weighted by Gasteiger charge is -2.42. The van der Waals surface area contributed by atoms with Crippen molar-refractivity contribution in [3.63, 3.8) is 0 Å². The molecule has 0 radical (unpaired) electrons. The molecule has 1 aromatic carbocycles. The highest BCUT2D eigenvalue weighted by Crippen LogP contribution is 2.69. The summed E-state index contributed by atoms with van der Waals surface area (Å²) in [7, 11) is 0. The third kappa shape index (κ3) is 5.30. The number of likely N-dealkylation sites (tertiary alicyclic amines) is 1. The molecular formula is C31H42N2O5S. The molecule has 3 aliphatic rings. The van der Waals surface area contributed by atoms with Gasteiger partial charge in [0.25, 0.3) is 0 Å². The van der Waals surface area contributed by atoms with Crippen molar-refractivity contribution in [2.75, 3.05) is 26.3 Å². The zero-order valence-corrected chi connectivity index (χ0v) is 24.0. The largest absolute Gasteiger partial charge is 0.465 e. The summed E-state index contributed by atoms with van der Waals surface area (Å²) >= 11 is 1.63. The van der Waals surface area contributed by atoms with Crippen LogP contribution in [0.15, 0.2) is 55.6 Å². The number of nitrogens with zero attached hydrogens (tertiary/aromatic N) is 2. The first-order chi connectivity index (χ1) is 18.8. The Morgan fingerprint density at radius 2 is 2.03 bits per heavy atom. The Labute approximate surface area is 236 Å². The number of carbonyl (C=O) groups excluding carboxylic acids is 3. The number of esters is 1. The summed E-state index contributed by atoms with van der Waals surface area (Å²) in [5.41, 5.74) is 0.976. The van der Waals surface area contributed by atoms with E-state index >= 15 is 0 Å². The second-order valence-corrected chi connectivity index (χ2v) is 12.5. The molecule has 0 aromatic heterocycles. The van der Waals surface area contributed by atoms with Gasteiger partial charge in [-0.2, -0.15) is 0 Å². The molecule has 3 fully saturated rings. The quantitative estimate of drug-likeness (QED) is 0.214. The highest BCUT2D eigenvalue weighted by Gasteiger charge is 2.77. The van der Waals surface area contributed by atoms with Crippen LogP contribution in [-0.4, -0.2) is 81.1 Å². The van der Waals surface area contributed by atoms with Gasteiger partial charge in [0.05, 0.1) is 35.8 Å². The Morgan fingerprint density at radius 1 is 1.28 bits per heavy atom. The van der Waals surface area contributed by atoms with Gasteiger partial charge in [-0.05, 0) is 37.2 Å². The van der Waals surface area contributed by atoms with E-state index in [0.717, 1.165) is 24.8 Å². The van der Waals surface area contributed by atoms with Crippen molar-refractivity contribution in [1.82, 2.24) is 9.80 Å². The first-order valence-corrected chi connectivity index (χ1v) is 15.1. The number of ether oxygens (including phenoxy) is 1. The zero-order valence-electron chi connectivity index (χ0n) is 23.2. The average Bonchev–Trinajstić information content (AvgIpc) is 3.53. The monoisotopic (exact) mass is 554 g/mol. The number of amides is 2. The second-order valence-electron chi connectivity index (χ2n) is 11.0. The summed E-state index contributed by atoms with van der Waals surface area (Å²) < 4.78 is 4.85. The van der Waals surface area contributed by atoms with Gasteiger partial charge in [-0.15, -0.1) is 24.9 Å². The van der Waals surface area contributed by atoms with Gasteiger partial charge >= 0.3 is 5.97 Å². The van der Waals surface area contributed by atoms with E-state index in [0.29, 0.717) is 25.9 Å². The topological polar surface area (TPSA) is 87.2 Å². The molecule has 1 aromatic rings. The van der Waals surface area contributed by atoms with E-state index in [-0.39, 0.29) is 42.2 Å². The third-order valence-corrected chi connectivity index (χ3v) is 10.7. The number of rotatable bonds is 14. The van der Waals surface area contributed by atoms with Crippen molar-refractivity contribution in [3.8, 4) is 0 Å². The molecule has 7 nitrogen and oxygen atoms in total. The Balaban J connectivity index is 1.77. The maximum absolute atomic E-state index is 14.5. The molecule has 8 heteroatoms. The van der Waals surface area contributed by atoms with E-state index in [4.69, 9.17) is 4.74 Å². The number of aliphatic hydroxyl groups excluding tert-OH is 1. The van der Waals surface area contributed by atoms with E-state index < -0.39 is 28.7 Å². The molecule has 4 rings (SSSR count). The standard InChI is InChI=1S/C31H42N2O5S/c1-5-8-16-32(15-7-3)29(36)27-31-21(4)18-24(39-31)25(30(37)38-17-9-6-2)26(31)28(35)33(27)23(20-34)19-22-13-11-10-12-14-22/h6-7,10-14,21,23-27,34H,2-3,5,8-9,15-20H2,1,4H3/t21?,23-,24+,25-,26+,27?,31?/m1/s1. The van der Waals surface area contributed by atoms with Crippen molar-refractivity contribution in [2.45, 2.75) is 68.0 Å². The highest BCUT2D eigenvalue weighted by atomic mass is 32.2. The lowest BCUT2D eigenvalue weighted by Crippen LogP contribution is -2.59. The van der Waals surface area contributed by atoms with Gasteiger partial charge in [-0.3, -0.25) is 14.4 Å². The molecule has 1 N–H and O–H groups in total. The third-order valence-electron chi connectivity index (χ3n) is 8.62. The molecule has 2 bridgehead atoms. The van der Waals surface area contributed by atoms with Crippen LogP contribution in [0.3, 0.4) is 0 Å². The van der Waals surface area contributed by atoms with Crippen molar-refractivity contribution in [2.24, 2.45) is 17.8 Å². The Bertz CT molecular complexity index is 1060. The van der Waals surface area contributed by atoms with Gasteiger partial charge < -0.3 is 19.6 Å². The number of aliphatic hydroxyl groups is 1. The van der Waals surface area contributed by atoms with E-state index in [9.17, 15) is 19.5 Å². The van der Waals surface area contributed by atoms with Gasteiger partial charge in [-0.1, -0.05) is 62.8 Å². The fraction of sp³-hybridized carbons (Fsp3) is 0.581. The number of thioether (sulfide) groups is 1. The predicted octanol–water partition coefficient (Wildman–Crippen LogP) is 3.86. The van der Waals surface area contributed by atoms with E-state index in [1.165, 1.54) is 0 Å². The van der Waals surface area contributed by atoms with Crippen LogP contribution in [0.2, 0.25) is 0 Å². The zero-order chi connectivity index (χ0) is 28.2. The number of unbranched alkanes of at least 4 members (excludes halogenated alkanes) is 1. The van der Waals surface area contributed by atoms with Gasteiger partial charge in [0, 0.05) is 18.3 Å². The average molecular weight is 555 g/mol. The minimum atomic E-state index is -0.774. The fourth-order valence-electron chi connectivity index (χ4n) is 6.85. The van der Waals surface area contributed by atoms with Crippen LogP contribution < -0.4 is 0 Å². The number of hydrogen-bond donors (Lipinski definition) is 1. The molecule has 39 heavy (non-hydrogen) atoms. The van der Waals surface area contributed by atoms with Crippen LogP contribution in [0.4, 0.5) is 0 Å². The summed E-state index contributed by atoms with van der Waals surface area (Å²) in [6, 6.07) is 8.35. The van der Waals surface area contributed by atoms with Crippen LogP contribution in [0, 0.1) is 17.8 Å². The molecule has 0 saturated carbocycles. The Morgan fingerprint density at radius 3 is 2.67 bits per heavy atom. The molecule has 3 aliphatic heterocycles. The maximum Gasteiger partial charge on any atom is 0.310 e. The minimum Gasteiger partial charge on any atom is -0.465 e. The highest BCUT2D eigenvalue weighted by molar-refractivity contribution is 8.02. The molecular weight excluding hydrogens is 512 g/mol. The smallest absolute Gasteiger partial charge is 0.310 e. The van der Waals surface area contributed by atoms with Gasteiger partial charge in [0.2, 0.25) is 11.8 Å². The van der Waals surface area contributed by atoms with Crippen molar-refractivity contribution >= 4 is 29.5 Å². The van der Waals surface area contributed by atoms with Gasteiger partial charge in [-0.25, -0.2) is 0 Å².